The highest BCUT2D eigenvalue weighted by molar-refractivity contribution is 7.08. The Hall–Kier alpha value is -3.44. The van der Waals surface area contributed by atoms with E-state index in [1.807, 2.05) is 60.1 Å². The molecule has 1 amide bonds. The molecule has 0 saturated heterocycles. The van der Waals surface area contributed by atoms with E-state index in [9.17, 15) is 4.79 Å². The number of carbonyl (C=O) groups excluding carboxylic acids is 1. The number of fused-ring (bicyclic) bond motifs is 2. The topological polar surface area (TPSA) is 51.2 Å². The van der Waals surface area contributed by atoms with Crippen LogP contribution in [-0.4, -0.2) is 10.9 Å². The molecule has 1 aliphatic heterocycles. The number of hydrogen-bond acceptors (Lipinski definition) is 4. The second kappa shape index (κ2) is 7.53. The number of amides is 1. The number of pyridine rings is 1. The standard InChI is InChI=1S/C24H18N2O2S/c27-24(26-13-16-11-18(14-25-12-16)17-9-10-29-15-17)23-19-5-1-3-7-21(19)28-22-8-4-2-6-20(22)23/h1-12,14-15,23H,13H2,(H,26,27). The van der Waals surface area contributed by atoms with E-state index in [4.69, 9.17) is 4.74 Å². The Morgan fingerprint density at radius 3 is 2.38 bits per heavy atom. The van der Waals surface area contributed by atoms with Crippen LogP contribution in [0.2, 0.25) is 0 Å². The second-order valence-corrected chi connectivity index (χ2v) is 7.70. The largest absolute Gasteiger partial charge is 0.457 e. The van der Waals surface area contributed by atoms with Crippen LogP contribution < -0.4 is 10.1 Å². The number of thiophene rings is 1. The van der Waals surface area contributed by atoms with Gasteiger partial charge in [-0.05, 0) is 46.2 Å². The molecule has 1 aliphatic rings. The van der Waals surface area contributed by atoms with Crippen molar-refractivity contribution in [2.24, 2.45) is 0 Å². The zero-order chi connectivity index (χ0) is 19.6. The van der Waals surface area contributed by atoms with Gasteiger partial charge in [0.2, 0.25) is 5.91 Å². The zero-order valence-corrected chi connectivity index (χ0v) is 16.4. The van der Waals surface area contributed by atoms with Gasteiger partial charge in [-0.2, -0.15) is 11.3 Å². The molecule has 0 atom stereocenters. The molecule has 3 heterocycles. The first-order valence-corrected chi connectivity index (χ1v) is 10.3. The fraction of sp³-hybridized carbons (Fsp3) is 0.0833. The van der Waals surface area contributed by atoms with Gasteiger partial charge in [0.15, 0.2) is 0 Å². The molecule has 142 valence electrons. The lowest BCUT2D eigenvalue weighted by molar-refractivity contribution is -0.122. The predicted octanol–water partition coefficient (Wildman–Crippen LogP) is 5.36. The maximum absolute atomic E-state index is 13.2. The van der Waals surface area contributed by atoms with Gasteiger partial charge in [0.05, 0.1) is 5.92 Å². The van der Waals surface area contributed by atoms with E-state index in [-0.39, 0.29) is 5.91 Å². The minimum atomic E-state index is -0.399. The number of nitrogens with one attached hydrogen (secondary N) is 1. The number of carbonyl (C=O) groups is 1. The van der Waals surface area contributed by atoms with E-state index >= 15 is 0 Å². The Morgan fingerprint density at radius 2 is 1.69 bits per heavy atom. The van der Waals surface area contributed by atoms with Gasteiger partial charge >= 0.3 is 0 Å². The van der Waals surface area contributed by atoms with E-state index in [1.54, 1.807) is 17.5 Å². The average Bonchev–Trinajstić information content (AvgIpc) is 3.31. The van der Waals surface area contributed by atoms with Crippen molar-refractivity contribution < 1.29 is 9.53 Å². The predicted molar refractivity (Wildman–Crippen MR) is 114 cm³/mol. The Bertz CT molecular complexity index is 1130. The van der Waals surface area contributed by atoms with Crippen molar-refractivity contribution in [3.05, 3.63) is 101 Å². The van der Waals surface area contributed by atoms with E-state index in [1.165, 1.54) is 0 Å². The summed E-state index contributed by atoms with van der Waals surface area (Å²) in [6.07, 6.45) is 3.64. The Balaban J connectivity index is 1.40. The summed E-state index contributed by atoms with van der Waals surface area (Å²) in [6, 6.07) is 19.6. The van der Waals surface area contributed by atoms with Crippen LogP contribution in [0.4, 0.5) is 0 Å². The summed E-state index contributed by atoms with van der Waals surface area (Å²) < 4.78 is 5.99. The van der Waals surface area contributed by atoms with Crippen LogP contribution in [0.15, 0.2) is 83.8 Å². The lowest BCUT2D eigenvalue weighted by Gasteiger charge is -2.27. The van der Waals surface area contributed by atoms with Gasteiger partial charge in [-0.15, -0.1) is 0 Å². The summed E-state index contributed by atoms with van der Waals surface area (Å²) in [4.78, 5) is 17.6. The molecule has 5 heteroatoms. The third kappa shape index (κ3) is 3.41. The smallest absolute Gasteiger partial charge is 0.232 e. The molecule has 5 rings (SSSR count). The van der Waals surface area contributed by atoms with E-state index in [0.717, 1.165) is 39.3 Å². The molecule has 0 bridgehead atoms. The number of benzene rings is 2. The molecule has 0 fully saturated rings. The first-order valence-electron chi connectivity index (χ1n) is 9.39. The van der Waals surface area contributed by atoms with Crippen molar-refractivity contribution in [2.75, 3.05) is 0 Å². The molecule has 0 saturated carbocycles. The molecule has 1 N–H and O–H groups in total. The third-order valence-electron chi connectivity index (χ3n) is 5.06. The second-order valence-electron chi connectivity index (χ2n) is 6.92. The van der Waals surface area contributed by atoms with Crippen LogP contribution in [-0.2, 0) is 11.3 Å². The SMILES string of the molecule is O=C(NCc1cncc(-c2ccsc2)c1)C1c2ccccc2Oc2ccccc21. The minimum Gasteiger partial charge on any atom is -0.457 e. The van der Waals surface area contributed by atoms with E-state index in [2.05, 4.69) is 27.8 Å². The molecule has 0 spiro atoms. The van der Waals surface area contributed by atoms with E-state index < -0.39 is 5.92 Å². The quantitative estimate of drug-likeness (QED) is 0.503. The number of para-hydroxylation sites is 2. The number of aromatic nitrogens is 1. The van der Waals surface area contributed by atoms with Crippen molar-refractivity contribution in [1.29, 1.82) is 0 Å². The van der Waals surface area contributed by atoms with Crippen molar-refractivity contribution in [1.82, 2.24) is 10.3 Å². The molecular weight excluding hydrogens is 380 g/mol. The first kappa shape index (κ1) is 17.6. The van der Waals surface area contributed by atoms with Gasteiger partial charge in [-0.1, -0.05) is 36.4 Å². The number of ether oxygens (including phenoxy) is 1. The monoisotopic (exact) mass is 398 g/mol. The Morgan fingerprint density at radius 1 is 0.966 bits per heavy atom. The van der Waals surface area contributed by atoms with Gasteiger partial charge in [0, 0.05) is 35.6 Å². The molecule has 0 radical (unpaired) electrons. The Labute approximate surface area is 172 Å². The molecular formula is C24H18N2O2S. The van der Waals surface area contributed by atoms with Crippen LogP contribution in [0.3, 0.4) is 0 Å². The van der Waals surface area contributed by atoms with Gasteiger partial charge in [0.1, 0.15) is 11.5 Å². The zero-order valence-electron chi connectivity index (χ0n) is 15.5. The molecule has 4 nitrogen and oxygen atoms in total. The molecule has 4 aromatic rings. The summed E-state index contributed by atoms with van der Waals surface area (Å²) >= 11 is 1.65. The minimum absolute atomic E-state index is 0.0471. The lowest BCUT2D eigenvalue weighted by Crippen LogP contribution is -2.31. The molecule has 0 unspecified atom stereocenters. The fourth-order valence-corrected chi connectivity index (χ4v) is 4.32. The number of hydrogen-bond donors (Lipinski definition) is 1. The average molecular weight is 398 g/mol. The summed E-state index contributed by atoms with van der Waals surface area (Å²) in [6.45, 7) is 0.422. The van der Waals surface area contributed by atoms with Gasteiger partial charge in [-0.3, -0.25) is 9.78 Å². The normalized spacial score (nSPS) is 12.6. The number of nitrogens with zero attached hydrogens (tertiary/aromatic N) is 1. The van der Waals surface area contributed by atoms with Crippen LogP contribution >= 0.6 is 11.3 Å². The van der Waals surface area contributed by atoms with Crippen LogP contribution in [0, 0.1) is 0 Å². The van der Waals surface area contributed by atoms with Crippen molar-refractivity contribution in [2.45, 2.75) is 12.5 Å². The Kier molecular flexibility index (Phi) is 4.58. The highest BCUT2D eigenvalue weighted by atomic mass is 32.1. The van der Waals surface area contributed by atoms with Crippen LogP contribution in [0.1, 0.15) is 22.6 Å². The highest BCUT2D eigenvalue weighted by Crippen LogP contribution is 2.43. The summed E-state index contributed by atoms with van der Waals surface area (Å²) in [5.74, 6) is 1.01. The molecule has 29 heavy (non-hydrogen) atoms. The summed E-state index contributed by atoms with van der Waals surface area (Å²) in [5.41, 5.74) is 4.93. The first-order chi connectivity index (χ1) is 14.3. The molecule has 0 aliphatic carbocycles. The van der Waals surface area contributed by atoms with Crippen molar-refractivity contribution in [3.63, 3.8) is 0 Å². The van der Waals surface area contributed by atoms with Crippen LogP contribution in [0.5, 0.6) is 11.5 Å². The summed E-state index contributed by atoms with van der Waals surface area (Å²) in [5, 5.41) is 7.23. The lowest BCUT2D eigenvalue weighted by atomic mass is 9.87. The molecule has 2 aromatic heterocycles. The number of rotatable bonds is 4. The van der Waals surface area contributed by atoms with Gasteiger partial charge in [-0.25, -0.2) is 0 Å². The van der Waals surface area contributed by atoms with Crippen LogP contribution in [0.25, 0.3) is 11.1 Å². The van der Waals surface area contributed by atoms with E-state index in [0.29, 0.717) is 6.54 Å². The highest BCUT2D eigenvalue weighted by Gasteiger charge is 2.32. The third-order valence-corrected chi connectivity index (χ3v) is 5.74. The van der Waals surface area contributed by atoms with Crippen molar-refractivity contribution >= 4 is 17.2 Å². The maximum atomic E-state index is 13.2. The molecule has 2 aromatic carbocycles. The van der Waals surface area contributed by atoms with Crippen molar-refractivity contribution in [3.8, 4) is 22.6 Å². The summed E-state index contributed by atoms with van der Waals surface area (Å²) in [7, 11) is 0. The van der Waals surface area contributed by atoms with Gasteiger partial charge < -0.3 is 10.1 Å². The fourth-order valence-electron chi connectivity index (χ4n) is 3.65. The van der Waals surface area contributed by atoms with Gasteiger partial charge in [0.25, 0.3) is 0 Å². The maximum Gasteiger partial charge on any atom is 0.232 e.